The molecule has 1 aliphatic heterocycles. The van der Waals surface area contributed by atoms with Crippen molar-refractivity contribution in [3.63, 3.8) is 0 Å². The summed E-state index contributed by atoms with van der Waals surface area (Å²) in [7, 11) is 0. The Morgan fingerprint density at radius 2 is 1.95 bits per heavy atom. The highest BCUT2D eigenvalue weighted by molar-refractivity contribution is 5.92. The van der Waals surface area contributed by atoms with Gasteiger partial charge in [0.25, 0.3) is 0 Å². The zero-order valence-corrected chi connectivity index (χ0v) is 12.2. The quantitative estimate of drug-likeness (QED) is 0.690. The number of rotatable bonds is 3. The van der Waals surface area contributed by atoms with Crippen molar-refractivity contribution in [3.8, 4) is 11.4 Å². The first-order valence-electron chi connectivity index (χ1n) is 7.63. The topological polar surface area (TPSA) is 78.5 Å². The van der Waals surface area contributed by atoms with Crippen LogP contribution in [0.3, 0.4) is 0 Å². The van der Waals surface area contributed by atoms with E-state index in [1.807, 2.05) is 24.4 Å². The van der Waals surface area contributed by atoms with Crippen LogP contribution in [0.25, 0.3) is 22.4 Å². The Morgan fingerprint density at radius 3 is 2.77 bits per heavy atom. The molecule has 0 aromatic carbocycles. The van der Waals surface area contributed by atoms with Gasteiger partial charge in [-0.1, -0.05) is 0 Å². The summed E-state index contributed by atoms with van der Waals surface area (Å²) in [6.45, 7) is 2.11. The molecule has 3 aromatic heterocycles. The average molecular weight is 294 g/mol. The predicted molar refractivity (Wildman–Crippen MR) is 86.6 cm³/mol. The van der Waals surface area contributed by atoms with Crippen molar-refractivity contribution in [1.82, 2.24) is 25.3 Å². The van der Waals surface area contributed by atoms with E-state index < -0.39 is 0 Å². The van der Waals surface area contributed by atoms with Gasteiger partial charge in [-0.05, 0) is 44.1 Å². The maximum Gasteiger partial charge on any atom is 0.159 e. The Kier molecular flexibility index (Phi) is 3.44. The SMILES string of the molecule is c1cnc(-c2cc(NC3CCNCC3)nc3[nH]ccc23)nc1. The van der Waals surface area contributed by atoms with Gasteiger partial charge in [-0.25, -0.2) is 15.0 Å². The summed E-state index contributed by atoms with van der Waals surface area (Å²) in [5.74, 6) is 1.60. The first-order valence-corrected chi connectivity index (χ1v) is 7.63. The number of anilines is 1. The molecule has 0 atom stereocenters. The first kappa shape index (κ1) is 13.2. The van der Waals surface area contributed by atoms with Gasteiger partial charge in [0.2, 0.25) is 0 Å². The summed E-state index contributed by atoms with van der Waals surface area (Å²) in [4.78, 5) is 16.6. The van der Waals surface area contributed by atoms with Crippen molar-refractivity contribution in [1.29, 1.82) is 0 Å². The number of nitrogens with one attached hydrogen (secondary N) is 3. The van der Waals surface area contributed by atoms with Gasteiger partial charge in [0.1, 0.15) is 11.5 Å². The van der Waals surface area contributed by atoms with Gasteiger partial charge in [-0.3, -0.25) is 0 Å². The summed E-state index contributed by atoms with van der Waals surface area (Å²) in [6, 6.07) is 6.36. The molecule has 1 fully saturated rings. The summed E-state index contributed by atoms with van der Waals surface area (Å²) in [5.41, 5.74) is 1.87. The summed E-state index contributed by atoms with van der Waals surface area (Å²) >= 11 is 0. The van der Waals surface area contributed by atoms with E-state index in [9.17, 15) is 0 Å². The number of nitrogens with zero attached hydrogens (tertiary/aromatic N) is 3. The monoisotopic (exact) mass is 294 g/mol. The van der Waals surface area contributed by atoms with Gasteiger partial charge in [-0.15, -0.1) is 0 Å². The fourth-order valence-corrected chi connectivity index (χ4v) is 2.91. The highest BCUT2D eigenvalue weighted by Gasteiger charge is 2.15. The van der Waals surface area contributed by atoms with Crippen LogP contribution in [0.4, 0.5) is 5.82 Å². The molecule has 0 radical (unpaired) electrons. The summed E-state index contributed by atoms with van der Waals surface area (Å²) < 4.78 is 0. The maximum atomic E-state index is 4.67. The second-order valence-electron chi connectivity index (χ2n) is 5.54. The molecule has 112 valence electrons. The number of H-pyrrole nitrogens is 1. The van der Waals surface area contributed by atoms with E-state index >= 15 is 0 Å². The second kappa shape index (κ2) is 5.73. The van der Waals surface area contributed by atoms with E-state index in [2.05, 4.69) is 30.6 Å². The summed E-state index contributed by atoms with van der Waals surface area (Å²) in [5, 5.41) is 7.97. The van der Waals surface area contributed by atoms with E-state index in [1.54, 1.807) is 12.4 Å². The Labute approximate surface area is 128 Å². The molecule has 0 spiro atoms. The predicted octanol–water partition coefficient (Wildman–Crippen LogP) is 2.18. The van der Waals surface area contributed by atoms with Crippen LogP contribution in [0.1, 0.15) is 12.8 Å². The van der Waals surface area contributed by atoms with Crippen molar-refractivity contribution >= 4 is 16.9 Å². The van der Waals surface area contributed by atoms with Gasteiger partial charge < -0.3 is 15.6 Å². The fraction of sp³-hybridized carbons (Fsp3) is 0.312. The molecule has 0 bridgehead atoms. The average Bonchev–Trinajstić information content (AvgIpc) is 3.04. The number of aromatic nitrogens is 4. The molecule has 0 amide bonds. The number of fused-ring (bicyclic) bond motifs is 1. The number of hydrogen-bond acceptors (Lipinski definition) is 5. The lowest BCUT2D eigenvalue weighted by molar-refractivity contribution is 0.478. The lowest BCUT2D eigenvalue weighted by Crippen LogP contribution is -2.35. The van der Waals surface area contributed by atoms with Crippen LogP contribution in [0.2, 0.25) is 0 Å². The minimum atomic E-state index is 0.464. The zero-order valence-electron chi connectivity index (χ0n) is 12.2. The van der Waals surface area contributed by atoms with Gasteiger partial charge >= 0.3 is 0 Å². The van der Waals surface area contributed by atoms with Gasteiger partial charge in [0.15, 0.2) is 5.82 Å². The molecular weight excluding hydrogens is 276 g/mol. The highest BCUT2D eigenvalue weighted by Crippen LogP contribution is 2.27. The van der Waals surface area contributed by atoms with Crippen LogP contribution >= 0.6 is 0 Å². The third-order valence-corrected chi connectivity index (χ3v) is 4.03. The third kappa shape index (κ3) is 2.53. The third-order valence-electron chi connectivity index (χ3n) is 4.03. The van der Waals surface area contributed by atoms with Crippen LogP contribution in [-0.2, 0) is 0 Å². The normalized spacial score (nSPS) is 16.0. The lowest BCUT2D eigenvalue weighted by atomic mass is 10.1. The highest BCUT2D eigenvalue weighted by atomic mass is 15.1. The molecule has 4 heterocycles. The number of aromatic amines is 1. The van der Waals surface area contributed by atoms with Crippen LogP contribution in [-0.4, -0.2) is 39.1 Å². The Morgan fingerprint density at radius 1 is 1.14 bits per heavy atom. The smallest absolute Gasteiger partial charge is 0.159 e. The standard InChI is InChI=1S/C16H18N6/c1-5-18-15(19-6-1)13-10-14(21-11-2-7-17-8-3-11)22-16-12(13)4-9-20-16/h1,4-6,9-11,17H,2-3,7-8H2,(H2,20,21,22). The van der Waals surface area contributed by atoms with Crippen molar-refractivity contribution < 1.29 is 0 Å². The molecule has 22 heavy (non-hydrogen) atoms. The van der Waals surface area contributed by atoms with Crippen LogP contribution < -0.4 is 10.6 Å². The molecule has 6 heteroatoms. The van der Waals surface area contributed by atoms with Crippen molar-refractivity contribution in [2.75, 3.05) is 18.4 Å². The van der Waals surface area contributed by atoms with Crippen LogP contribution in [0.15, 0.2) is 36.8 Å². The Hall–Kier alpha value is -2.47. The van der Waals surface area contributed by atoms with Crippen molar-refractivity contribution in [2.24, 2.45) is 0 Å². The minimum absolute atomic E-state index is 0.464. The van der Waals surface area contributed by atoms with Crippen molar-refractivity contribution in [3.05, 3.63) is 36.8 Å². The molecule has 0 unspecified atom stereocenters. The fourth-order valence-electron chi connectivity index (χ4n) is 2.91. The van der Waals surface area contributed by atoms with Crippen molar-refractivity contribution in [2.45, 2.75) is 18.9 Å². The lowest BCUT2D eigenvalue weighted by Gasteiger charge is -2.24. The molecule has 0 aliphatic carbocycles. The largest absolute Gasteiger partial charge is 0.367 e. The van der Waals surface area contributed by atoms with Crippen LogP contribution in [0.5, 0.6) is 0 Å². The minimum Gasteiger partial charge on any atom is -0.367 e. The number of pyridine rings is 1. The second-order valence-corrected chi connectivity index (χ2v) is 5.54. The number of piperidine rings is 1. The Bertz CT molecular complexity index is 761. The van der Waals surface area contributed by atoms with E-state index in [1.165, 1.54) is 0 Å². The maximum absolute atomic E-state index is 4.67. The number of hydrogen-bond donors (Lipinski definition) is 3. The van der Waals surface area contributed by atoms with E-state index in [4.69, 9.17) is 0 Å². The molecule has 0 saturated carbocycles. The molecule has 4 rings (SSSR count). The van der Waals surface area contributed by atoms with Gasteiger partial charge in [-0.2, -0.15) is 0 Å². The van der Waals surface area contributed by atoms with E-state index in [-0.39, 0.29) is 0 Å². The van der Waals surface area contributed by atoms with E-state index in [0.717, 1.165) is 54.2 Å². The van der Waals surface area contributed by atoms with E-state index in [0.29, 0.717) is 6.04 Å². The zero-order chi connectivity index (χ0) is 14.8. The van der Waals surface area contributed by atoms with Gasteiger partial charge in [0, 0.05) is 35.6 Å². The van der Waals surface area contributed by atoms with Gasteiger partial charge in [0.05, 0.1) is 0 Å². The molecule has 6 nitrogen and oxygen atoms in total. The first-order chi connectivity index (χ1) is 10.9. The van der Waals surface area contributed by atoms with Crippen LogP contribution in [0, 0.1) is 0 Å². The molecule has 3 aromatic rings. The summed E-state index contributed by atoms with van der Waals surface area (Å²) in [6.07, 6.45) is 7.66. The Balaban J connectivity index is 1.73. The molecule has 1 aliphatic rings. The molecular formula is C16H18N6. The molecule has 3 N–H and O–H groups in total. The molecule has 1 saturated heterocycles.